The summed E-state index contributed by atoms with van der Waals surface area (Å²) in [4.78, 5) is 12.4. The highest BCUT2D eigenvalue weighted by molar-refractivity contribution is 6.01. The van der Waals surface area contributed by atoms with Gasteiger partial charge in [0.2, 0.25) is 0 Å². The topological polar surface area (TPSA) is 71.3 Å². The highest BCUT2D eigenvalue weighted by Gasteiger charge is 2.24. The molecule has 1 saturated carbocycles. The number of methoxy groups -OCH3 is 2. The normalized spacial score (nSPS) is 20.8. The van der Waals surface area contributed by atoms with Gasteiger partial charge in [-0.05, 0) is 42.5 Å². The van der Waals surface area contributed by atoms with Crippen LogP contribution in [0, 0.1) is 17.2 Å². The van der Waals surface area contributed by atoms with Crippen molar-refractivity contribution in [3.63, 3.8) is 0 Å². The number of rotatable bonds is 5. The smallest absolute Gasteiger partial charge is 0.262 e. The number of amides is 1. The summed E-state index contributed by atoms with van der Waals surface area (Å²) in [6.45, 7) is 2.15. The fourth-order valence-electron chi connectivity index (χ4n) is 3.00. The molecule has 0 unspecified atom stereocenters. The SMILES string of the molecule is COc1cc(/C=C(\C#N)C(=O)N[C@@H]2CCCC[C@@H]2C)cc(OC)c1. The van der Waals surface area contributed by atoms with Gasteiger partial charge in [-0.1, -0.05) is 19.8 Å². The molecule has 0 radical (unpaired) electrons. The second-order valence-electron chi connectivity index (χ2n) is 6.16. The summed E-state index contributed by atoms with van der Waals surface area (Å²) in [6.07, 6.45) is 5.97. The maximum absolute atomic E-state index is 12.4. The predicted molar refractivity (Wildman–Crippen MR) is 92.7 cm³/mol. The molecular weight excluding hydrogens is 304 g/mol. The first-order valence-corrected chi connectivity index (χ1v) is 8.23. The van der Waals surface area contributed by atoms with Gasteiger partial charge in [0.15, 0.2) is 0 Å². The molecule has 5 heteroatoms. The fraction of sp³-hybridized carbons (Fsp3) is 0.474. The van der Waals surface area contributed by atoms with Crippen molar-refractivity contribution in [3.05, 3.63) is 29.3 Å². The zero-order valence-electron chi connectivity index (χ0n) is 14.5. The number of carbonyl (C=O) groups is 1. The highest BCUT2D eigenvalue weighted by Crippen LogP contribution is 2.25. The number of carbonyl (C=O) groups excluding carboxylic acids is 1. The Kier molecular flexibility index (Phi) is 6.25. The van der Waals surface area contributed by atoms with Gasteiger partial charge in [0, 0.05) is 12.1 Å². The molecule has 1 N–H and O–H groups in total. The maximum atomic E-state index is 12.4. The lowest BCUT2D eigenvalue weighted by atomic mass is 9.86. The summed E-state index contributed by atoms with van der Waals surface area (Å²) in [5, 5.41) is 12.4. The van der Waals surface area contributed by atoms with Crippen LogP contribution in [0.5, 0.6) is 11.5 Å². The van der Waals surface area contributed by atoms with Crippen molar-refractivity contribution >= 4 is 12.0 Å². The van der Waals surface area contributed by atoms with E-state index >= 15 is 0 Å². The van der Waals surface area contributed by atoms with Gasteiger partial charge in [-0.15, -0.1) is 0 Å². The Morgan fingerprint density at radius 1 is 1.21 bits per heavy atom. The summed E-state index contributed by atoms with van der Waals surface area (Å²) in [6, 6.07) is 7.40. The number of nitrogens with zero attached hydrogens (tertiary/aromatic N) is 1. The standard InChI is InChI=1S/C19H24N2O3/c1-13-6-4-5-7-18(13)21-19(22)15(12-20)8-14-9-16(23-2)11-17(10-14)24-3/h8-11,13,18H,4-7H2,1-3H3,(H,21,22)/b15-8+/t13-,18+/m0/s1. The van der Waals surface area contributed by atoms with Crippen LogP contribution in [0.1, 0.15) is 38.2 Å². The second kappa shape index (κ2) is 8.39. The van der Waals surface area contributed by atoms with Crippen LogP contribution < -0.4 is 14.8 Å². The van der Waals surface area contributed by atoms with Crippen molar-refractivity contribution in [1.29, 1.82) is 5.26 Å². The lowest BCUT2D eigenvalue weighted by molar-refractivity contribution is -0.118. The second-order valence-corrected chi connectivity index (χ2v) is 6.16. The van der Waals surface area contributed by atoms with E-state index in [4.69, 9.17) is 9.47 Å². The third-order valence-electron chi connectivity index (χ3n) is 4.48. The van der Waals surface area contributed by atoms with Gasteiger partial charge in [-0.2, -0.15) is 5.26 Å². The minimum atomic E-state index is -0.321. The molecule has 1 aliphatic carbocycles. The van der Waals surface area contributed by atoms with Gasteiger partial charge in [-0.25, -0.2) is 0 Å². The first kappa shape index (κ1) is 17.9. The lowest BCUT2D eigenvalue weighted by Gasteiger charge is -2.29. The number of ether oxygens (including phenoxy) is 2. The number of benzene rings is 1. The molecule has 0 aliphatic heterocycles. The Bertz CT molecular complexity index is 639. The summed E-state index contributed by atoms with van der Waals surface area (Å²) in [7, 11) is 3.12. The molecule has 0 bridgehead atoms. The monoisotopic (exact) mass is 328 g/mol. The average Bonchev–Trinajstić information content (AvgIpc) is 2.61. The lowest BCUT2D eigenvalue weighted by Crippen LogP contribution is -2.41. The van der Waals surface area contributed by atoms with Crippen molar-refractivity contribution in [1.82, 2.24) is 5.32 Å². The molecular formula is C19H24N2O3. The van der Waals surface area contributed by atoms with Crippen LogP contribution in [0.25, 0.3) is 6.08 Å². The Morgan fingerprint density at radius 2 is 1.83 bits per heavy atom. The number of nitriles is 1. The summed E-state index contributed by atoms with van der Waals surface area (Å²) in [5.41, 5.74) is 0.776. The van der Waals surface area contributed by atoms with Crippen LogP contribution in [0.2, 0.25) is 0 Å². The van der Waals surface area contributed by atoms with Gasteiger partial charge in [-0.3, -0.25) is 4.79 Å². The molecule has 24 heavy (non-hydrogen) atoms. The Labute approximate surface area is 143 Å². The third-order valence-corrected chi connectivity index (χ3v) is 4.48. The molecule has 1 amide bonds. The van der Waals surface area contributed by atoms with Crippen molar-refractivity contribution in [2.75, 3.05) is 14.2 Å². The van der Waals surface area contributed by atoms with E-state index in [1.807, 2.05) is 6.07 Å². The zero-order chi connectivity index (χ0) is 17.5. The summed E-state index contributed by atoms with van der Waals surface area (Å²) >= 11 is 0. The van der Waals surface area contributed by atoms with Gasteiger partial charge in [0.1, 0.15) is 23.1 Å². The quantitative estimate of drug-likeness (QED) is 0.665. The Balaban J connectivity index is 2.19. The Morgan fingerprint density at radius 3 is 2.38 bits per heavy atom. The first-order valence-electron chi connectivity index (χ1n) is 8.23. The summed E-state index contributed by atoms with van der Waals surface area (Å²) in [5.74, 6) is 1.34. The molecule has 0 aromatic heterocycles. The molecule has 0 spiro atoms. The molecule has 0 saturated heterocycles. The first-order chi connectivity index (χ1) is 11.6. The van der Waals surface area contributed by atoms with Crippen LogP contribution >= 0.6 is 0 Å². The van der Waals surface area contributed by atoms with E-state index in [0.717, 1.165) is 19.3 Å². The average molecular weight is 328 g/mol. The van der Waals surface area contributed by atoms with Crippen LogP contribution in [0.4, 0.5) is 0 Å². The zero-order valence-corrected chi connectivity index (χ0v) is 14.5. The largest absolute Gasteiger partial charge is 0.497 e. The van der Waals surface area contributed by atoms with Gasteiger partial charge < -0.3 is 14.8 Å². The van der Waals surface area contributed by atoms with Crippen molar-refractivity contribution in [2.24, 2.45) is 5.92 Å². The van der Waals surface area contributed by atoms with E-state index in [0.29, 0.717) is 23.0 Å². The number of hydrogen-bond donors (Lipinski definition) is 1. The van der Waals surface area contributed by atoms with Gasteiger partial charge >= 0.3 is 0 Å². The molecule has 1 aromatic rings. The van der Waals surface area contributed by atoms with Crippen molar-refractivity contribution in [2.45, 2.75) is 38.6 Å². The van der Waals surface area contributed by atoms with Crippen molar-refractivity contribution < 1.29 is 14.3 Å². The molecule has 1 fully saturated rings. The minimum Gasteiger partial charge on any atom is -0.497 e. The molecule has 128 valence electrons. The third kappa shape index (κ3) is 4.51. The van der Waals surface area contributed by atoms with E-state index in [1.165, 1.54) is 6.42 Å². The Hall–Kier alpha value is -2.48. The van der Waals surface area contributed by atoms with Crippen LogP contribution in [-0.2, 0) is 4.79 Å². The van der Waals surface area contributed by atoms with Gasteiger partial charge in [0.05, 0.1) is 14.2 Å². The molecule has 1 aromatic carbocycles. The number of nitrogens with one attached hydrogen (secondary N) is 1. The molecule has 2 rings (SSSR count). The van der Waals surface area contributed by atoms with Gasteiger partial charge in [0.25, 0.3) is 5.91 Å². The molecule has 5 nitrogen and oxygen atoms in total. The summed E-state index contributed by atoms with van der Waals surface area (Å²) < 4.78 is 10.4. The molecule has 2 atom stereocenters. The van der Waals surface area contributed by atoms with E-state index in [9.17, 15) is 10.1 Å². The van der Waals surface area contributed by atoms with E-state index in [-0.39, 0.29) is 17.5 Å². The van der Waals surface area contributed by atoms with Crippen molar-refractivity contribution in [3.8, 4) is 17.6 Å². The maximum Gasteiger partial charge on any atom is 0.262 e. The van der Waals surface area contributed by atoms with Crippen LogP contribution in [0.3, 0.4) is 0 Å². The number of hydrogen-bond acceptors (Lipinski definition) is 4. The van der Waals surface area contributed by atoms with Crippen LogP contribution in [0.15, 0.2) is 23.8 Å². The molecule has 0 heterocycles. The molecule has 1 aliphatic rings. The minimum absolute atomic E-state index is 0.0862. The van der Waals surface area contributed by atoms with Crippen LogP contribution in [-0.4, -0.2) is 26.2 Å². The highest BCUT2D eigenvalue weighted by atomic mass is 16.5. The van der Waals surface area contributed by atoms with E-state index in [1.54, 1.807) is 38.5 Å². The predicted octanol–water partition coefficient (Wildman–Crippen LogP) is 3.31. The van der Waals surface area contributed by atoms with E-state index < -0.39 is 0 Å². The fourth-order valence-corrected chi connectivity index (χ4v) is 3.00. The van der Waals surface area contributed by atoms with E-state index in [2.05, 4.69) is 12.2 Å².